The van der Waals surface area contributed by atoms with Crippen molar-refractivity contribution >= 4 is 58.5 Å². The summed E-state index contributed by atoms with van der Waals surface area (Å²) in [5.74, 6) is -1.34. The van der Waals surface area contributed by atoms with Gasteiger partial charge in [0.05, 0.1) is 35.6 Å². The van der Waals surface area contributed by atoms with Gasteiger partial charge in [0.2, 0.25) is 11.8 Å². The molecule has 0 radical (unpaired) electrons. The standard InChI is InChI=1S/C32H24Cl2F2N2O4/c1-41-29-17-19(9-13-27(29)37-31(39)15-11-21-23(33)5-3-7-25(21)35)20-10-14-28(30(18-20)42-2)38-32(40)16-12-22-24(34)6-4-8-26(22)36/h3-18H,1-2H3,(H,37,39)(H,38,40). The summed E-state index contributed by atoms with van der Waals surface area (Å²) >= 11 is 12.0. The lowest BCUT2D eigenvalue weighted by Gasteiger charge is -2.14. The van der Waals surface area contributed by atoms with Gasteiger partial charge < -0.3 is 20.1 Å². The van der Waals surface area contributed by atoms with Crippen LogP contribution in [0.3, 0.4) is 0 Å². The zero-order valence-corrected chi connectivity index (χ0v) is 23.9. The van der Waals surface area contributed by atoms with Crippen molar-refractivity contribution in [3.05, 3.63) is 118 Å². The Morgan fingerprint density at radius 1 is 0.667 bits per heavy atom. The molecule has 0 aromatic heterocycles. The highest BCUT2D eigenvalue weighted by Crippen LogP contribution is 2.35. The number of methoxy groups -OCH3 is 2. The highest BCUT2D eigenvalue weighted by molar-refractivity contribution is 6.32. The summed E-state index contributed by atoms with van der Waals surface area (Å²) < 4.78 is 38.9. The minimum atomic E-state index is -0.543. The molecule has 0 aliphatic rings. The van der Waals surface area contributed by atoms with Crippen molar-refractivity contribution in [3.63, 3.8) is 0 Å². The molecule has 4 aromatic rings. The van der Waals surface area contributed by atoms with Crippen LogP contribution in [-0.4, -0.2) is 26.0 Å². The van der Waals surface area contributed by atoms with Crippen molar-refractivity contribution in [2.24, 2.45) is 0 Å². The van der Waals surface area contributed by atoms with Crippen LogP contribution < -0.4 is 20.1 Å². The Hall–Kier alpha value is -4.66. The fraction of sp³-hybridized carbons (Fsp3) is 0.0625. The number of ether oxygens (including phenoxy) is 2. The number of hydrogen-bond donors (Lipinski definition) is 2. The first-order chi connectivity index (χ1) is 20.2. The van der Waals surface area contributed by atoms with E-state index in [0.717, 1.165) is 11.1 Å². The molecule has 10 heteroatoms. The minimum Gasteiger partial charge on any atom is -0.495 e. The molecular weight excluding hydrogens is 585 g/mol. The van der Waals surface area contributed by atoms with E-state index in [2.05, 4.69) is 10.6 Å². The van der Waals surface area contributed by atoms with Crippen LogP contribution in [0.4, 0.5) is 20.2 Å². The molecule has 4 rings (SSSR count). The molecule has 0 fully saturated rings. The van der Waals surface area contributed by atoms with Crippen LogP contribution in [-0.2, 0) is 9.59 Å². The van der Waals surface area contributed by atoms with Gasteiger partial charge in [0.25, 0.3) is 0 Å². The molecule has 0 saturated carbocycles. The molecule has 2 N–H and O–H groups in total. The van der Waals surface area contributed by atoms with Crippen LogP contribution in [0.5, 0.6) is 11.5 Å². The van der Waals surface area contributed by atoms with Gasteiger partial charge in [0.1, 0.15) is 23.1 Å². The first-order valence-electron chi connectivity index (χ1n) is 12.4. The van der Waals surface area contributed by atoms with Gasteiger partial charge in [-0.05, 0) is 71.8 Å². The number of halogens is 4. The van der Waals surface area contributed by atoms with Crippen molar-refractivity contribution in [2.75, 3.05) is 24.9 Å². The summed E-state index contributed by atoms with van der Waals surface area (Å²) in [6.07, 6.45) is 4.95. The van der Waals surface area contributed by atoms with Gasteiger partial charge in [0.15, 0.2) is 0 Å². The van der Waals surface area contributed by atoms with Crippen LogP contribution in [0, 0.1) is 11.6 Å². The zero-order valence-electron chi connectivity index (χ0n) is 22.4. The summed E-state index contributed by atoms with van der Waals surface area (Å²) in [6.45, 7) is 0. The van der Waals surface area contributed by atoms with Crippen molar-refractivity contribution < 1.29 is 27.8 Å². The van der Waals surface area contributed by atoms with Crippen molar-refractivity contribution in [3.8, 4) is 22.6 Å². The van der Waals surface area contributed by atoms with Gasteiger partial charge in [0, 0.05) is 23.3 Å². The largest absolute Gasteiger partial charge is 0.495 e. The Morgan fingerprint density at radius 2 is 1.07 bits per heavy atom. The predicted molar refractivity (Wildman–Crippen MR) is 163 cm³/mol. The molecule has 0 spiro atoms. The number of carbonyl (C=O) groups excluding carboxylic acids is 2. The van der Waals surface area contributed by atoms with E-state index < -0.39 is 23.4 Å². The van der Waals surface area contributed by atoms with Crippen molar-refractivity contribution in [1.29, 1.82) is 0 Å². The van der Waals surface area contributed by atoms with Crippen LogP contribution in [0.1, 0.15) is 11.1 Å². The average Bonchev–Trinajstić information content (AvgIpc) is 2.97. The summed E-state index contributed by atoms with van der Waals surface area (Å²) in [4.78, 5) is 25.0. The van der Waals surface area contributed by atoms with Gasteiger partial charge >= 0.3 is 0 Å². The minimum absolute atomic E-state index is 0.107. The molecular formula is C32H24Cl2F2N2O4. The summed E-state index contributed by atoms with van der Waals surface area (Å²) in [6, 6.07) is 18.8. The van der Waals surface area contributed by atoms with Crippen LogP contribution in [0.2, 0.25) is 10.0 Å². The molecule has 6 nitrogen and oxygen atoms in total. The third-order valence-corrected chi connectivity index (χ3v) is 6.71. The number of amides is 2. The molecule has 214 valence electrons. The monoisotopic (exact) mass is 608 g/mol. The van der Waals surface area contributed by atoms with E-state index in [-0.39, 0.29) is 21.2 Å². The average molecular weight is 609 g/mol. The first-order valence-corrected chi connectivity index (χ1v) is 13.2. The fourth-order valence-electron chi connectivity index (χ4n) is 3.95. The molecule has 0 bridgehead atoms. The molecule has 0 unspecified atom stereocenters. The lowest BCUT2D eigenvalue weighted by atomic mass is 10.0. The highest BCUT2D eigenvalue weighted by Gasteiger charge is 2.13. The summed E-state index contributed by atoms with van der Waals surface area (Å²) in [7, 11) is 2.93. The quantitative estimate of drug-likeness (QED) is 0.187. The SMILES string of the molecule is COc1cc(-c2ccc(NC(=O)C=Cc3c(F)cccc3Cl)c(OC)c2)ccc1NC(=O)C=Cc1c(F)cccc1Cl. The van der Waals surface area contributed by atoms with E-state index in [9.17, 15) is 18.4 Å². The van der Waals surface area contributed by atoms with Crippen LogP contribution in [0.25, 0.3) is 23.3 Å². The van der Waals surface area contributed by atoms with E-state index in [1.807, 2.05) is 0 Å². The number of anilines is 2. The van der Waals surface area contributed by atoms with Gasteiger partial charge in [-0.3, -0.25) is 9.59 Å². The van der Waals surface area contributed by atoms with Crippen LogP contribution in [0.15, 0.2) is 84.9 Å². The number of nitrogens with one attached hydrogen (secondary N) is 2. The smallest absolute Gasteiger partial charge is 0.248 e. The Bertz CT molecular complexity index is 1540. The molecule has 2 amide bonds. The van der Waals surface area contributed by atoms with Gasteiger partial charge in [-0.15, -0.1) is 0 Å². The summed E-state index contributed by atoms with van der Waals surface area (Å²) in [5.41, 5.74) is 2.49. The van der Waals surface area contributed by atoms with E-state index in [0.29, 0.717) is 22.9 Å². The first kappa shape index (κ1) is 30.3. The van der Waals surface area contributed by atoms with E-state index in [1.54, 1.807) is 36.4 Å². The Kier molecular flexibility index (Phi) is 9.96. The van der Waals surface area contributed by atoms with Crippen molar-refractivity contribution in [2.45, 2.75) is 0 Å². The lowest BCUT2D eigenvalue weighted by molar-refractivity contribution is -0.112. The number of carbonyl (C=O) groups is 2. The summed E-state index contributed by atoms with van der Waals surface area (Å²) in [5, 5.41) is 5.79. The van der Waals surface area contributed by atoms with Crippen LogP contribution >= 0.6 is 23.2 Å². The Morgan fingerprint density at radius 3 is 1.43 bits per heavy atom. The zero-order chi connectivity index (χ0) is 30.2. The molecule has 0 saturated heterocycles. The van der Waals surface area contributed by atoms with Gasteiger partial charge in [-0.25, -0.2) is 8.78 Å². The second-order valence-electron chi connectivity index (χ2n) is 8.75. The van der Waals surface area contributed by atoms with E-state index in [4.69, 9.17) is 32.7 Å². The van der Waals surface area contributed by atoms with Gasteiger partial charge in [-0.1, -0.05) is 47.5 Å². The molecule has 0 aliphatic heterocycles. The number of rotatable bonds is 9. The maximum atomic E-state index is 14.0. The Balaban J connectivity index is 1.49. The normalized spacial score (nSPS) is 11.1. The Labute approximate surface area is 251 Å². The molecule has 0 aliphatic carbocycles. The number of hydrogen-bond acceptors (Lipinski definition) is 4. The lowest BCUT2D eigenvalue weighted by Crippen LogP contribution is -2.09. The maximum absolute atomic E-state index is 14.0. The maximum Gasteiger partial charge on any atom is 0.248 e. The molecule has 4 aromatic carbocycles. The van der Waals surface area contributed by atoms with E-state index in [1.165, 1.54) is 74.9 Å². The third-order valence-electron chi connectivity index (χ3n) is 6.05. The van der Waals surface area contributed by atoms with Crippen molar-refractivity contribution in [1.82, 2.24) is 0 Å². The highest BCUT2D eigenvalue weighted by atomic mass is 35.5. The second kappa shape index (κ2) is 13.8. The van der Waals surface area contributed by atoms with E-state index >= 15 is 0 Å². The second-order valence-corrected chi connectivity index (χ2v) is 9.56. The predicted octanol–water partition coefficient (Wildman–Crippen LogP) is 8.26. The molecule has 42 heavy (non-hydrogen) atoms. The number of benzene rings is 4. The third kappa shape index (κ3) is 7.34. The molecule has 0 heterocycles. The fourth-order valence-corrected chi connectivity index (χ4v) is 4.41. The van der Waals surface area contributed by atoms with Gasteiger partial charge in [-0.2, -0.15) is 0 Å². The topological polar surface area (TPSA) is 76.7 Å². The molecule has 0 atom stereocenters.